The Kier molecular flexibility index (Phi) is 5.94. The molecule has 3 aromatic carbocycles. The summed E-state index contributed by atoms with van der Waals surface area (Å²) >= 11 is 0. The van der Waals surface area contributed by atoms with Gasteiger partial charge in [0.1, 0.15) is 11.5 Å². The summed E-state index contributed by atoms with van der Waals surface area (Å²) in [5.41, 5.74) is 6.34. The van der Waals surface area contributed by atoms with E-state index in [2.05, 4.69) is 127 Å². The van der Waals surface area contributed by atoms with Gasteiger partial charge < -0.3 is 4.74 Å². The Balaban J connectivity index is 1.96. The zero-order chi connectivity index (χ0) is 23.1. The van der Waals surface area contributed by atoms with Crippen LogP contribution in [0, 0.1) is 0 Å². The van der Waals surface area contributed by atoms with Crippen molar-refractivity contribution in [3.8, 4) is 5.75 Å². The van der Waals surface area contributed by atoms with Crippen molar-refractivity contribution < 1.29 is 4.74 Å². The van der Waals surface area contributed by atoms with E-state index < -0.39 is 8.07 Å². The number of hydrogen-bond donors (Lipinski definition) is 0. The number of ether oxygens (including phenoxy) is 1. The molecule has 0 fully saturated rings. The van der Waals surface area contributed by atoms with E-state index in [1.165, 1.54) is 27.1 Å². The quantitative estimate of drug-likeness (QED) is 0.379. The Hall–Kier alpha value is -2.58. The third kappa shape index (κ3) is 3.65. The molecular formula is C30H36OSi. The molecule has 0 bridgehead atoms. The van der Waals surface area contributed by atoms with Crippen LogP contribution in [-0.2, 0) is 0 Å². The van der Waals surface area contributed by atoms with Crippen LogP contribution in [0.5, 0.6) is 5.75 Å². The Bertz CT molecular complexity index is 1110. The van der Waals surface area contributed by atoms with Crippen LogP contribution in [0.3, 0.4) is 0 Å². The van der Waals surface area contributed by atoms with Crippen LogP contribution in [-0.4, -0.2) is 8.07 Å². The van der Waals surface area contributed by atoms with E-state index in [-0.39, 0.29) is 5.04 Å². The van der Waals surface area contributed by atoms with Gasteiger partial charge in [-0.2, -0.15) is 0 Å². The molecule has 1 atom stereocenters. The van der Waals surface area contributed by atoms with E-state index in [1.54, 1.807) is 0 Å². The Morgan fingerprint density at radius 2 is 1.25 bits per heavy atom. The Morgan fingerprint density at radius 3 is 1.81 bits per heavy atom. The molecular weight excluding hydrogens is 404 g/mol. The second-order valence-corrected chi connectivity index (χ2v) is 15.2. The summed E-state index contributed by atoms with van der Waals surface area (Å²) in [5, 5.41) is 3.01. The average molecular weight is 441 g/mol. The van der Waals surface area contributed by atoms with Gasteiger partial charge in [0.15, 0.2) is 8.07 Å². The summed E-state index contributed by atoms with van der Waals surface area (Å²) < 4.78 is 6.95. The molecule has 0 N–H and O–H groups in total. The van der Waals surface area contributed by atoms with Crippen LogP contribution in [0.25, 0.3) is 5.76 Å². The lowest BCUT2D eigenvalue weighted by atomic mass is 9.94. The number of rotatable bonds is 5. The Morgan fingerprint density at radius 1 is 0.688 bits per heavy atom. The second kappa shape index (κ2) is 8.40. The second-order valence-electron chi connectivity index (χ2n) is 10.7. The van der Waals surface area contributed by atoms with Crippen LogP contribution in [0.15, 0.2) is 78.5 Å². The molecule has 2 heteroatoms. The van der Waals surface area contributed by atoms with Gasteiger partial charge >= 0.3 is 0 Å². The van der Waals surface area contributed by atoms with Gasteiger partial charge in [-0.3, -0.25) is 0 Å². The predicted molar refractivity (Wildman–Crippen MR) is 141 cm³/mol. The number of fused-ring (bicyclic) bond motifs is 1. The topological polar surface area (TPSA) is 9.23 Å². The van der Waals surface area contributed by atoms with Crippen molar-refractivity contribution in [2.24, 2.45) is 0 Å². The minimum atomic E-state index is -2.22. The Labute approximate surface area is 195 Å². The molecule has 0 amide bonds. The van der Waals surface area contributed by atoms with Crippen molar-refractivity contribution in [3.05, 3.63) is 95.2 Å². The van der Waals surface area contributed by atoms with Gasteiger partial charge in [-0.1, -0.05) is 121 Å². The minimum Gasteiger partial charge on any atom is -0.457 e. The van der Waals surface area contributed by atoms with Gasteiger partial charge in [0.05, 0.1) is 0 Å². The third-order valence-electron chi connectivity index (χ3n) is 6.91. The number of para-hydroxylation sites is 1. The normalized spacial score (nSPS) is 18.1. The van der Waals surface area contributed by atoms with Gasteiger partial charge in [-0.05, 0) is 44.1 Å². The molecule has 0 saturated carbocycles. The van der Waals surface area contributed by atoms with Gasteiger partial charge in [0.25, 0.3) is 0 Å². The fraction of sp³-hybridized carbons (Fsp3) is 0.333. The van der Waals surface area contributed by atoms with Gasteiger partial charge in [0, 0.05) is 5.56 Å². The minimum absolute atomic E-state index is 0.105. The smallest absolute Gasteiger partial charge is 0.151 e. The lowest BCUT2D eigenvalue weighted by Crippen LogP contribution is -2.62. The van der Waals surface area contributed by atoms with Crippen molar-refractivity contribution in [1.82, 2.24) is 0 Å². The fourth-order valence-electron chi connectivity index (χ4n) is 5.18. The molecule has 4 rings (SSSR count). The number of benzene rings is 3. The first-order valence-electron chi connectivity index (χ1n) is 11.9. The molecule has 1 heterocycles. The molecule has 1 nitrogen and oxygen atoms in total. The van der Waals surface area contributed by atoms with E-state index in [0.717, 1.165) is 11.5 Å². The van der Waals surface area contributed by atoms with Crippen LogP contribution in [0.2, 0.25) is 5.04 Å². The molecule has 3 aromatic rings. The largest absolute Gasteiger partial charge is 0.457 e. The highest BCUT2D eigenvalue weighted by Gasteiger charge is 2.51. The van der Waals surface area contributed by atoms with Crippen molar-refractivity contribution in [1.29, 1.82) is 0 Å². The highest BCUT2D eigenvalue weighted by Crippen LogP contribution is 2.44. The van der Waals surface area contributed by atoms with E-state index in [0.29, 0.717) is 11.8 Å². The standard InChI is InChI=1S/C30H36OSi/c1-21(2)24-17-13-18-25(22(3)4)29(24)31-27-20-32(30(5,6)7,23-14-9-8-10-15-23)28-19-12-11-16-26(27)28/h8-22H,1-7H3. The number of hydrogen-bond acceptors (Lipinski definition) is 1. The maximum Gasteiger partial charge on any atom is 0.151 e. The molecule has 1 aliphatic rings. The van der Waals surface area contributed by atoms with Gasteiger partial charge in [-0.15, -0.1) is 0 Å². The van der Waals surface area contributed by atoms with Crippen molar-refractivity contribution in [2.75, 3.05) is 0 Å². The highest BCUT2D eigenvalue weighted by atomic mass is 28.3. The maximum atomic E-state index is 6.95. The van der Waals surface area contributed by atoms with E-state index in [1.807, 2.05) is 0 Å². The van der Waals surface area contributed by atoms with Gasteiger partial charge in [0.2, 0.25) is 0 Å². The van der Waals surface area contributed by atoms with Crippen molar-refractivity contribution in [2.45, 2.75) is 65.3 Å². The molecule has 32 heavy (non-hydrogen) atoms. The van der Waals surface area contributed by atoms with Crippen LogP contribution in [0.4, 0.5) is 0 Å². The first-order chi connectivity index (χ1) is 15.2. The summed E-state index contributed by atoms with van der Waals surface area (Å²) in [6.07, 6.45) is 0. The molecule has 0 saturated heterocycles. The zero-order valence-electron chi connectivity index (χ0n) is 20.6. The summed E-state index contributed by atoms with van der Waals surface area (Å²) in [7, 11) is -2.22. The molecule has 0 aliphatic carbocycles. The monoisotopic (exact) mass is 440 g/mol. The molecule has 166 valence electrons. The fourth-order valence-corrected chi connectivity index (χ4v) is 10.2. The summed E-state index contributed by atoms with van der Waals surface area (Å²) in [6.45, 7) is 16.2. The van der Waals surface area contributed by atoms with Crippen LogP contribution >= 0.6 is 0 Å². The molecule has 0 spiro atoms. The van der Waals surface area contributed by atoms with E-state index in [4.69, 9.17) is 4.74 Å². The molecule has 1 unspecified atom stereocenters. The van der Waals surface area contributed by atoms with Crippen LogP contribution < -0.4 is 15.1 Å². The predicted octanol–water partition coefficient (Wildman–Crippen LogP) is 7.27. The maximum absolute atomic E-state index is 6.95. The lowest BCUT2D eigenvalue weighted by molar-refractivity contribution is 0.494. The van der Waals surface area contributed by atoms with Crippen molar-refractivity contribution >= 4 is 24.2 Å². The van der Waals surface area contributed by atoms with E-state index in [9.17, 15) is 0 Å². The van der Waals surface area contributed by atoms with Crippen LogP contribution in [0.1, 0.15) is 77.0 Å². The van der Waals surface area contributed by atoms with E-state index >= 15 is 0 Å². The third-order valence-corrected chi connectivity index (χ3v) is 12.5. The first kappa shape index (κ1) is 22.6. The van der Waals surface area contributed by atoms with Crippen molar-refractivity contribution in [3.63, 3.8) is 0 Å². The summed E-state index contributed by atoms with van der Waals surface area (Å²) in [4.78, 5) is 0. The summed E-state index contributed by atoms with van der Waals surface area (Å²) in [5.74, 6) is 2.88. The molecule has 0 aromatic heterocycles. The average Bonchev–Trinajstić information content (AvgIpc) is 3.10. The lowest BCUT2D eigenvalue weighted by Gasteiger charge is -2.39. The highest BCUT2D eigenvalue weighted by molar-refractivity contribution is 7.09. The zero-order valence-corrected chi connectivity index (χ0v) is 21.6. The SMILES string of the molecule is CC(C)c1cccc(C(C)C)c1OC1=C[Si](c2ccccc2)(C(C)(C)C)c2ccccc21. The first-order valence-corrected chi connectivity index (χ1v) is 13.9. The summed E-state index contributed by atoms with van der Waals surface area (Å²) in [6, 6.07) is 26.6. The van der Waals surface area contributed by atoms with Gasteiger partial charge in [-0.25, -0.2) is 0 Å². The molecule has 1 aliphatic heterocycles. The molecule has 0 radical (unpaired) electrons.